The average Bonchev–Trinajstić information content (AvgIpc) is 3.07. The molecule has 2 nitrogen and oxygen atoms in total. The summed E-state index contributed by atoms with van der Waals surface area (Å²) in [5, 5.41) is 9.36. The van der Waals surface area contributed by atoms with Gasteiger partial charge in [0.2, 0.25) is 0 Å². The van der Waals surface area contributed by atoms with Gasteiger partial charge >= 0.3 is 0 Å². The number of benzene rings is 2. The number of hydrogen-bond acceptors (Lipinski definition) is 5. The van der Waals surface area contributed by atoms with Gasteiger partial charge in [-0.1, -0.05) is 104 Å². The molecule has 0 fully saturated rings. The standard InChI is InChI=1S/C20H21ClN2S3/c1-20(2,3)16-8-4-14(5-9-16)12-24-18-22-23-19(26-18)25-13-15-6-10-17(21)11-7-15/h4-11H,12-13H2,1-3H3. The van der Waals surface area contributed by atoms with Crippen LogP contribution in [0.5, 0.6) is 0 Å². The normalized spacial score (nSPS) is 11.7. The van der Waals surface area contributed by atoms with Gasteiger partial charge in [0.1, 0.15) is 0 Å². The molecule has 3 rings (SSSR count). The lowest BCUT2D eigenvalue weighted by Crippen LogP contribution is -2.10. The summed E-state index contributed by atoms with van der Waals surface area (Å²) in [5.74, 6) is 1.80. The Hall–Kier alpha value is -1.01. The molecule has 0 aliphatic carbocycles. The van der Waals surface area contributed by atoms with Crippen LogP contribution in [0.25, 0.3) is 0 Å². The van der Waals surface area contributed by atoms with Crippen molar-refractivity contribution >= 4 is 46.5 Å². The first-order chi connectivity index (χ1) is 12.4. The Labute approximate surface area is 172 Å². The van der Waals surface area contributed by atoms with Crippen LogP contribution in [0.2, 0.25) is 5.02 Å². The first kappa shape index (κ1) is 19.7. The summed E-state index contributed by atoms with van der Waals surface area (Å²) in [7, 11) is 0. The SMILES string of the molecule is CC(C)(C)c1ccc(CSc2nnc(SCc3ccc(Cl)cc3)s2)cc1. The molecule has 3 aromatic rings. The van der Waals surface area contributed by atoms with Crippen LogP contribution in [0.3, 0.4) is 0 Å². The largest absolute Gasteiger partial charge is 0.175 e. The number of hydrogen-bond donors (Lipinski definition) is 0. The summed E-state index contributed by atoms with van der Waals surface area (Å²) < 4.78 is 2.02. The minimum Gasteiger partial charge on any atom is -0.131 e. The molecule has 0 bridgehead atoms. The lowest BCUT2D eigenvalue weighted by Gasteiger charge is -2.19. The van der Waals surface area contributed by atoms with E-state index in [0.29, 0.717) is 0 Å². The monoisotopic (exact) mass is 420 g/mol. The van der Waals surface area contributed by atoms with E-state index >= 15 is 0 Å². The van der Waals surface area contributed by atoms with E-state index in [0.717, 1.165) is 25.2 Å². The van der Waals surface area contributed by atoms with Gasteiger partial charge in [-0.25, -0.2) is 0 Å². The van der Waals surface area contributed by atoms with Gasteiger partial charge in [0, 0.05) is 16.5 Å². The van der Waals surface area contributed by atoms with Crippen LogP contribution in [0.4, 0.5) is 0 Å². The second-order valence-corrected chi connectivity index (χ2v) is 10.8. The highest BCUT2D eigenvalue weighted by atomic mass is 35.5. The van der Waals surface area contributed by atoms with Gasteiger partial charge in [0.05, 0.1) is 0 Å². The van der Waals surface area contributed by atoms with Crippen LogP contribution in [-0.2, 0) is 16.9 Å². The van der Waals surface area contributed by atoms with Crippen LogP contribution in [0.15, 0.2) is 57.2 Å². The quantitative estimate of drug-likeness (QED) is 0.398. The highest BCUT2D eigenvalue weighted by molar-refractivity contribution is 8.02. The van der Waals surface area contributed by atoms with Crippen molar-refractivity contribution in [2.75, 3.05) is 0 Å². The van der Waals surface area contributed by atoms with Crippen LogP contribution in [0, 0.1) is 0 Å². The van der Waals surface area contributed by atoms with Gasteiger partial charge in [-0.3, -0.25) is 0 Å². The molecule has 136 valence electrons. The van der Waals surface area contributed by atoms with E-state index in [-0.39, 0.29) is 5.41 Å². The van der Waals surface area contributed by atoms with Crippen LogP contribution < -0.4 is 0 Å². The molecule has 0 amide bonds. The molecule has 0 saturated carbocycles. The molecular formula is C20H21ClN2S3. The fourth-order valence-electron chi connectivity index (χ4n) is 2.29. The second kappa shape index (κ2) is 8.79. The molecule has 0 aliphatic heterocycles. The maximum absolute atomic E-state index is 5.92. The van der Waals surface area contributed by atoms with Gasteiger partial charge in [-0.05, 0) is 34.2 Å². The van der Waals surface area contributed by atoms with E-state index in [4.69, 9.17) is 11.6 Å². The van der Waals surface area contributed by atoms with Gasteiger partial charge < -0.3 is 0 Å². The third-order valence-corrected chi connectivity index (χ3v) is 7.43. The second-order valence-electron chi connectivity index (χ2n) is 6.98. The predicted molar refractivity (Wildman–Crippen MR) is 116 cm³/mol. The van der Waals surface area contributed by atoms with Crippen LogP contribution >= 0.6 is 46.5 Å². The fourth-order valence-corrected chi connectivity index (χ4v) is 5.34. The minimum absolute atomic E-state index is 0.196. The fraction of sp³-hybridized carbons (Fsp3) is 0.300. The van der Waals surface area contributed by atoms with E-state index in [1.165, 1.54) is 16.7 Å². The number of aromatic nitrogens is 2. The van der Waals surface area contributed by atoms with Crippen molar-refractivity contribution in [3.8, 4) is 0 Å². The van der Waals surface area contributed by atoms with Gasteiger partial charge in [-0.15, -0.1) is 10.2 Å². The number of thioether (sulfide) groups is 2. The Bertz CT molecular complexity index is 837. The number of rotatable bonds is 6. The maximum Gasteiger partial charge on any atom is 0.175 e. The van der Waals surface area contributed by atoms with E-state index in [1.54, 1.807) is 34.9 Å². The summed E-state index contributed by atoms with van der Waals surface area (Å²) in [4.78, 5) is 0. The van der Waals surface area contributed by atoms with Crippen molar-refractivity contribution in [1.29, 1.82) is 0 Å². The third kappa shape index (κ3) is 5.74. The maximum atomic E-state index is 5.92. The molecule has 0 aliphatic rings. The van der Waals surface area contributed by atoms with E-state index in [9.17, 15) is 0 Å². The Morgan fingerprint density at radius 2 is 1.27 bits per heavy atom. The van der Waals surface area contributed by atoms with Crippen molar-refractivity contribution in [3.63, 3.8) is 0 Å². The zero-order valence-corrected chi connectivity index (χ0v) is 18.2. The van der Waals surface area contributed by atoms with Crippen molar-refractivity contribution in [1.82, 2.24) is 10.2 Å². The Morgan fingerprint density at radius 3 is 1.73 bits per heavy atom. The van der Waals surface area contributed by atoms with Crippen LogP contribution in [0.1, 0.15) is 37.5 Å². The first-order valence-corrected chi connectivity index (χ1v) is 11.5. The summed E-state index contributed by atoms with van der Waals surface area (Å²) in [6.07, 6.45) is 0. The summed E-state index contributed by atoms with van der Waals surface area (Å²) in [6, 6.07) is 16.8. The van der Waals surface area contributed by atoms with E-state index in [2.05, 4.69) is 55.2 Å². The van der Waals surface area contributed by atoms with Crippen LogP contribution in [-0.4, -0.2) is 10.2 Å². The summed E-state index contributed by atoms with van der Waals surface area (Å²) >= 11 is 11.0. The van der Waals surface area contributed by atoms with E-state index in [1.807, 2.05) is 24.3 Å². The minimum atomic E-state index is 0.196. The topological polar surface area (TPSA) is 25.8 Å². The van der Waals surface area contributed by atoms with Gasteiger partial charge in [0.15, 0.2) is 8.68 Å². The molecule has 0 unspecified atom stereocenters. The lowest BCUT2D eigenvalue weighted by molar-refractivity contribution is 0.590. The molecule has 0 spiro atoms. The molecule has 0 radical (unpaired) electrons. The molecule has 0 N–H and O–H groups in total. The Balaban J connectivity index is 1.51. The van der Waals surface area contributed by atoms with E-state index < -0.39 is 0 Å². The smallest absolute Gasteiger partial charge is 0.131 e. The highest BCUT2D eigenvalue weighted by Crippen LogP contribution is 2.32. The summed E-state index contributed by atoms with van der Waals surface area (Å²) in [5.41, 5.74) is 4.11. The molecule has 0 saturated heterocycles. The van der Waals surface area contributed by atoms with Gasteiger partial charge in [0.25, 0.3) is 0 Å². The Morgan fingerprint density at radius 1 is 0.808 bits per heavy atom. The predicted octanol–water partition coefficient (Wildman–Crippen LogP) is 7.07. The van der Waals surface area contributed by atoms with Crippen molar-refractivity contribution in [3.05, 3.63) is 70.2 Å². The molecule has 1 aromatic heterocycles. The van der Waals surface area contributed by atoms with Crippen molar-refractivity contribution in [2.45, 2.75) is 46.4 Å². The molecule has 26 heavy (non-hydrogen) atoms. The Kier molecular flexibility index (Phi) is 6.67. The number of nitrogens with zero attached hydrogens (tertiary/aromatic N) is 2. The molecule has 1 heterocycles. The molecular weight excluding hydrogens is 400 g/mol. The highest BCUT2D eigenvalue weighted by Gasteiger charge is 2.13. The molecule has 2 aromatic carbocycles. The average molecular weight is 421 g/mol. The zero-order chi connectivity index (χ0) is 18.6. The first-order valence-electron chi connectivity index (χ1n) is 8.33. The van der Waals surface area contributed by atoms with Crippen molar-refractivity contribution in [2.24, 2.45) is 0 Å². The van der Waals surface area contributed by atoms with Crippen molar-refractivity contribution < 1.29 is 0 Å². The zero-order valence-electron chi connectivity index (χ0n) is 15.0. The van der Waals surface area contributed by atoms with Gasteiger partial charge in [-0.2, -0.15) is 0 Å². The third-order valence-electron chi connectivity index (χ3n) is 3.85. The lowest BCUT2D eigenvalue weighted by atomic mass is 9.87. The number of halogens is 1. The molecule has 6 heteroatoms. The summed E-state index contributed by atoms with van der Waals surface area (Å²) in [6.45, 7) is 6.71. The molecule has 0 atom stereocenters.